The van der Waals surface area contributed by atoms with Crippen molar-refractivity contribution in [3.63, 3.8) is 0 Å². The average molecular weight is 401 g/mol. The van der Waals surface area contributed by atoms with Gasteiger partial charge in [0.15, 0.2) is 11.0 Å². The fourth-order valence-electron chi connectivity index (χ4n) is 2.48. The molecule has 0 spiro atoms. The van der Waals surface area contributed by atoms with Crippen LogP contribution < -0.4 is 4.74 Å². The van der Waals surface area contributed by atoms with Crippen molar-refractivity contribution < 1.29 is 13.5 Å². The van der Waals surface area contributed by atoms with Crippen molar-refractivity contribution in [3.8, 4) is 17.1 Å². The lowest BCUT2D eigenvalue weighted by molar-refractivity contribution is -0.0498. The van der Waals surface area contributed by atoms with Crippen LogP contribution in [0.3, 0.4) is 0 Å². The molecule has 0 bridgehead atoms. The van der Waals surface area contributed by atoms with Crippen LogP contribution in [-0.2, 0) is 5.75 Å². The first-order valence-corrected chi connectivity index (χ1v) is 9.10. The van der Waals surface area contributed by atoms with Crippen LogP contribution in [-0.4, -0.2) is 41.6 Å². The van der Waals surface area contributed by atoms with Crippen LogP contribution in [0.1, 0.15) is 5.82 Å². The van der Waals surface area contributed by atoms with Gasteiger partial charge in [0.1, 0.15) is 12.1 Å². The van der Waals surface area contributed by atoms with Crippen LogP contribution in [0.15, 0.2) is 66.1 Å². The Morgan fingerprint density at radius 1 is 0.964 bits per heavy atom. The summed E-state index contributed by atoms with van der Waals surface area (Å²) in [4.78, 5) is 0. The van der Waals surface area contributed by atoms with Gasteiger partial charge in [0.25, 0.3) is 0 Å². The molecular formula is C17H13F2N7OS. The highest BCUT2D eigenvalue weighted by molar-refractivity contribution is 7.98. The van der Waals surface area contributed by atoms with Gasteiger partial charge >= 0.3 is 6.61 Å². The molecule has 0 N–H and O–H groups in total. The fourth-order valence-corrected chi connectivity index (χ4v) is 3.32. The van der Waals surface area contributed by atoms with Crippen LogP contribution in [0.25, 0.3) is 11.4 Å². The molecule has 0 aliphatic carbocycles. The summed E-state index contributed by atoms with van der Waals surface area (Å²) < 4.78 is 32.3. The van der Waals surface area contributed by atoms with Crippen LogP contribution in [0.4, 0.5) is 8.78 Å². The quantitative estimate of drug-likeness (QED) is 0.440. The minimum absolute atomic E-state index is 0.0683. The summed E-state index contributed by atoms with van der Waals surface area (Å²) in [7, 11) is 0. The molecule has 2 aromatic heterocycles. The van der Waals surface area contributed by atoms with Gasteiger partial charge < -0.3 is 4.74 Å². The monoisotopic (exact) mass is 401 g/mol. The summed E-state index contributed by atoms with van der Waals surface area (Å²) in [6.45, 7) is -2.87. The van der Waals surface area contributed by atoms with E-state index in [9.17, 15) is 8.78 Å². The van der Waals surface area contributed by atoms with Crippen LogP contribution in [0.2, 0.25) is 0 Å². The molecule has 142 valence electrons. The van der Waals surface area contributed by atoms with Gasteiger partial charge in [-0.15, -0.1) is 15.3 Å². The van der Waals surface area contributed by atoms with Gasteiger partial charge in [-0.2, -0.15) is 13.5 Å². The third-order valence-corrected chi connectivity index (χ3v) is 4.66. The first-order chi connectivity index (χ1) is 13.7. The minimum Gasteiger partial charge on any atom is -0.435 e. The van der Waals surface area contributed by atoms with Crippen LogP contribution in [0, 0.1) is 0 Å². The van der Waals surface area contributed by atoms with Gasteiger partial charge in [-0.3, -0.25) is 4.57 Å². The van der Waals surface area contributed by atoms with E-state index in [1.165, 1.54) is 28.6 Å². The number of para-hydroxylation sites is 1. The van der Waals surface area contributed by atoms with Gasteiger partial charge in [0.2, 0.25) is 0 Å². The summed E-state index contributed by atoms with van der Waals surface area (Å²) in [6, 6.07) is 15.8. The molecular weight excluding hydrogens is 388 g/mol. The van der Waals surface area contributed by atoms with E-state index < -0.39 is 6.61 Å². The van der Waals surface area contributed by atoms with E-state index in [0.717, 1.165) is 5.69 Å². The number of halogens is 2. The van der Waals surface area contributed by atoms with Gasteiger partial charge in [-0.1, -0.05) is 30.0 Å². The number of hydrogen-bond donors (Lipinski definition) is 0. The first kappa shape index (κ1) is 18.0. The number of rotatable bonds is 7. The topological polar surface area (TPSA) is 83.5 Å². The molecule has 2 aromatic carbocycles. The van der Waals surface area contributed by atoms with Crippen molar-refractivity contribution in [1.29, 1.82) is 0 Å². The Labute approximate surface area is 162 Å². The summed E-state index contributed by atoms with van der Waals surface area (Å²) in [6.07, 6.45) is 1.64. The van der Waals surface area contributed by atoms with Crippen molar-refractivity contribution in [2.75, 3.05) is 0 Å². The lowest BCUT2D eigenvalue weighted by Gasteiger charge is -2.08. The molecule has 0 saturated carbocycles. The maximum Gasteiger partial charge on any atom is 0.387 e. The number of hydrogen-bond acceptors (Lipinski definition) is 7. The normalized spacial score (nSPS) is 11.1. The van der Waals surface area contributed by atoms with Crippen molar-refractivity contribution in [2.45, 2.75) is 17.5 Å². The Hall–Kier alpha value is -3.34. The number of alkyl halides is 2. The smallest absolute Gasteiger partial charge is 0.387 e. The van der Waals surface area contributed by atoms with Crippen molar-refractivity contribution in [1.82, 2.24) is 35.0 Å². The zero-order valence-corrected chi connectivity index (χ0v) is 15.1. The third-order valence-electron chi connectivity index (χ3n) is 3.72. The van der Waals surface area contributed by atoms with E-state index in [4.69, 9.17) is 0 Å². The van der Waals surface area contributed by atoms with E-state index >= 15 is 0 Å². The lowest BCUT2D eigenvalue weighted by Crippen LogP contribution is -2.04. The molecule has 0 aliphatic rings. The molecule has 0 atom stereocenters. The largest absolute Gasteiger partial charge is 0.435 e. The summed E-state index contributed by atoms with van der Waals surface area (Å²) >= 11 is 1.43. The Kier molecular flexibility index (Phi) is 5.24. The predicted molar refractivity (Wildman–Crippen MR) is 96.7 cm³/mol. The predicted octanol–water partition coefficient (Wildman–Crippen LogP) is 3.14. The molecule has 0 aliphatic heterocycles. The van der Waals surface area contributed by atoms with Gasteiger partial charge in [-0.05, 0) is 46.8 Å². The van der Waals surface area contributed by atoms with Gasteiger partial charge in [0, 0.05) is 5.69 Å². The highest BCUT2D eigenvalue weighted by atomic mass is 32.2. The van der Waals surface area contributed by atoms with Gasteiger partial charge in [0.05, 0.1) is 11.4 Å². The molecule has 4 aromatic rings. The van der Waals surface area contributed by atoms with E-state index in [1.54, 1.807) is 18.5 Å². The molecule has 0 saturated heterocycles. The first-order valence-electron chi connectivity index (χ1n) is 8.11. The average Bonchev–Trinajstić information content (AvgIpc) is 3.36. The molecule has 28 heavy (non-hydrogen) atoms. The van der Waals surface area contributed by atoms with E-state index in [1.807, 2.05) is 34.9 Å². The minimum atomic E-state index is -2.87. The molecule has 0 amide bonds. The lowest BCUT2D eigenvalue weighted by atomic mass is 10.3. The van der Waals surface area contributed by atoms with Crippen molar-refractivity contribution >= 4 is 11.8 Å². The Morgan fingerprint density at radius 3 is 2.50 bits per heavy atom. The zero-order valence-electron chi connectivity index (χ0n) is 14.3. The number of tetrazole rings is 1. The van der Waals surface area contributed by atoms with Crippen LogP contribution in [0.5, 0.6) is 5.75 Å². The molecule has 0 fully saturated rings. The van der Waals surface area contributed by atoms with E-state index in [0.29, 0.717) is 22.4 Å². The van der Waals surface area contributed by atoms with E-state index in [-0.39, 0.29) is 5.75 Å². The Bertz CT molecular complexity index is 1040. The van der Waals surface area contributed by atoms with E-state index in [2.05, 4.69) is 30.5 Å². The van der Waals surface area contributed by atoms with Crippen molar-refractivity contribution in [3.05, 3.63) is 66.7 Å². The second kappa shape index (κ2) is 8.13. The molecule has 11 heteroatoms. The number of aromatic nitrogens is 7. The maximum atomic E-state index is 12.3. The standard InChI is InChI=1S/C17H13F2N7OS/c18-16(19)27-14-8-6-13(7-9-14)26-15(21-23-24-26)10-28-17-22-20-11-25(17)12-4-2-1-3-5-12/h1-9,11,16H,10H2. The summed E-state index contributed by atoms with van der Waals surface area (Å²) in [5.41, 5.74) is 1.58. The zero-order chi connectivity index (χ0) is 19.3. The number of ether oxygens (including phenoxy) is 1. The third kappa shape index (κ3) is 3.98. The van der Waals surface area contributed by atoms with Crippen LogP contribution >= 0.6 is 11.8 Å². The molecule has 0 unspecified atom stereocenters. The fraction of sp³-hybridized carbons (Fsp3) is 0.118. The summed E-state index contributed by atoms with van der Waals surface area (Å²) in [5.74, 6) is 1.09. The number of thioether (sulfide) groups is 1. The summed E-state index contributed by atoms with van der Waals surface area (Å²) in [5, 5.41) is 20.5. The molecule has 4 rings (SSSR count). The Balaban J connectivity index is 1.50. The highest BCUT2D eigenvalue weighted by Gasteiger charge is 2.13. The highest BCUT2D eigenvalue weighted by Crippen LogP contribution is 2.24. The molecule has 0 radical (unpaired) electrons. The Morgan fingerprint density at radius 2 is 1.75 bits per heavy atom. The number of benzene rings is 2. The van der Waals surface area contributed by atoms with Crippen molar-refractivity contribution in [2.24, 2.45) is 0 Å². The molecule has 2 heterocycles. The SMILES string of the molecule is FC(F)Oc1ccc(-n2nnnc2CSc2nncn2-c2ccccc2)cc1. The van der Waals surface area contributed by atoms with Gasteiger partial charge in [-0.25, -0.2) is 0 Å². The number of nitrogens with zero attached hydrogens (tertiary/aromatic N) is 7. The molecule has 8 nitrogen and oxygen atoms in total. The second-order valence-electron chi connectivity index (χ2n) is 5.49. The maximum absolute atomic E-state index is 12.3. The second-order valence-corrected chi connectivity index (χ2v) is 6.43.